The number of urea groups is 1. The summed E-state index contributed by atoms with van der Waals surface area (Å²) < 4.78 is 5.78. The molecule has 0 radical (unpaired) electrons. The number of carbonyl (C=O) groups excluding carboxylic acids is 4. The number of Topliss-reactive ketones (excluding diaryl/α,β-unsaturated/α-hetero) is 2. The molecule has 2 aliphatic heterocycles. The van der Waals surface area contributed by atoms with Crippen molar-refractivity contribution in [1.82, 2.24) is 10.2 Å². The van der Waals surface area contributed by atoms with Gasteiger partial charge in [-0.3, -0.25) is 24.6 Å². The number of rotatable bonds is 6. The van der Waals surface area contributed by atoms with Gasteiger partial charge in [0.2, 0.25) is 5.91 Å². The second-order valence-electron chi connectivity index (χ2n) is 8.09. The molecule has 178 valence electrons. The molecule has 2 heterocycles. The Morgan fingerprint density at radius 3 is 2.15 bits per heavy atom. The molecule has 4 rings (SSSR count). The Morgan fingerprint density at radius 1 is 1.03 bits per heavy atom. The smallest absolute Gasteiger partial charge is 0.326 e. The number of hydrogen-bond acceptors (Lipinski definition) is 7. The number of ketones is 2. The van der Waals surface area contributed by atoms with E-state index in [9.17, 15) is 29.4 Å². The Morgan fingerprint density at radius 2 is 1.59 bits per heavy atom. The van der Waals surface area contributed by atoms with Gasteiger partial charge in [0.25, 0.3) is 0 Å². The second kappa shape index (κ2) is 9.44. The zero-order valence-electron chi connectivity index (χ0n) is 17.6. The fourth-order valence-corrected chi connectivity index (χ4v) is 4.33. The van der Waals surface area contributed by atoms with Crippen LogP contribution in [0.1, 0.15) is 33.6 Å². The van der Waals surface area contributed by atoms with Gasteiger partial charge in [0, 0.05) is 40.6 Å². The van der Waals surface area contributed by atoms with Crippen LogP contribution in [0.25, 0.3) is 0 Å². The minimum Gasteiger partial charge on any atom is -0.382 e. The number of hydrogen-bond donors (Lipinski definition) is 3. The quantitative estimate of drug-likeness (QED) is 0.511. The Bertz CT molecular complexity index is 1140. The van der Waals surface area contributed by atoms with E-state index in [1.165, 1.54) is 48.5 Å². The third-order valence-corrected chi connectivity index (χ3v) is 6.38. The maximum Gasteiger partial charge on any atom is 0.326 e. The van der Waals surface area contributed by atoms with Gasteiger partial charge in [0.05, 0.1) is 0 Å². The van der Waals surface area contributed by atoms with Crippen LogP contribution < -0.4 is 5.32 Å². The molecule has 9 nitrogen and oxygen atoms in total. The molecule has 0 spiro atoms. The summed E-state index contributed by atoms with van der Waals surface area (Å²) in [4.78, 5) is 51.3. The van der Waals surface area contributed by atoms with Crippen molar-refractivity contribution in [1.29, 1.82) is 0 Å². The second-order valence-corrected chi connectivity index (χ2v) is 8.96. The van der Waals surface area contributed by atoms with Crippen molar-refractivity contribution in [2.24, 2.45) is 0 Å². The Kier molecular flexibility index (Phi) is 6.75. The third-order valence-electron chi connectivity index (χ3n) is 5.88. The molecule has 2 aromatic rings. The standard InChI is InChI=1S/C23H20Cl2N2O7/c24-14-5-1-12(2-6-14)18(29)19(30)21-23(33,20(31)13-3-7-15(25)8-4-13)11-17(34-21)27-10-9-16(28)26-22(27)32/h1-8,17,19,21,30,33H,9-11H2,(H,26,28,32)/t17-,19?,21-,23-/m1/s1. The molecular weight excluding hydrogens is 487 g/mol. The lowest BCUT2D eigenvalue weighted by molar-refractivity contribution is -0.125. The lowest BCUT2D eigenvalue weighted by Gasteiger charge is -2.31. The average Bonchev–Trinajstić information content (AvgIpc) is 3.17. The molecule has 1 unspecified atom stereocenters. The monoisotopic (exact) mass is 506 g/mol. The molecule has 3 N–H and O–H groups in total. The van der Waals surface area contributed by atoms with Gasteiger partial charge in [0.1, 0.15) is 18.4 Å². The van der Waals surface area contributed by atoms with Crippen LogP contribution >= 0.6 is 23.2 Å². The van der Waals surface area contributed by atoms with Gasteiger partial charge < -0.3 is 14.9 Å². The molecule has 11 heteroatoms. The number of aliphatic hydroxyl groups excluding tert-OH is 1. The summed E-state index contributed by atoms with van der Waals surface area (Å²) in [5, 5.41) is 25.3. The highest BCUT2D eigenvalue weighted by molar-refractivity contribution is 6.31. The van der Waals surface area contributed by atoms with E-state index < -0.39 is 54.0 Å². The molecule has 2 fully saturated rings. The molecular formula is C23H20Cl2N2O7. The van der Waals surface area contributed by atoms with Gasteiger partial charge in [-0.25, -0.2) is 4.79 Å². The number of nitrogens with one attached hydrogen (secondary N) is 1. The van der Waals surface area contributed by atoms with Gasteiger partial charge >= 0.3 is 6.03 Å². The number of amides is 3. The van der Waals surface area contributed by atoms with Crippen molar-refractivity contribution in [3.05, 3.63) is 69.7 Å². The molecule has 2 aromatic carbocycles. The first-order chi connectivity index (χ1) is 16.1. The number of nitrogens with zero attached hydrogens (tertiary/aromatic N) is 1. The number of aliphatic hydroxyl groups is 2. The largest absolute Gasteiger partial charge is 0.382 e. The van der Waals surface area contributed by atoms with Crippen molar-refractivity contribution < 1.29 is 34.1 Å². The lowest BCUT2D eigenvalue weighted by Crippen LogP contribution is -2.54. The zero-order valence-corrected chi connectivity index (χ0v) is 19.1. The summed E-state index contributed by atoms with van der Waals surface area (Å²) in [7, 11) is 0. The van der Waals surface area contributed by atoms with E-state index in [0.717, 1.165) is 4.90 Å². The van der Waals surface area contributed by atoms with E-state index in [2.05, 4.69) is 5.32 Å². The zero-order chi connectivity index (χ0) is 24.6. The number of imide groups is 1. The Balaban J connectivity index is 1.67. The van der Waals surface area contributed by atoms with Crippen LogP contribution in [0.3, 0.4) is 0 Å². The molecule has 34 heavy (non-hydrogen) atoms. The van der Waals surface area contributed by atoms with Crippen LogP contribution in [-0.4, -0.2) is 69.2 Å². The first-order valence-corrected chi connectivity index (χ1v) is 11.1. The van der Waals surface area contributed by atoms with Gasteiger partial charge in [-0.1, -0.05) is 23.2 Å². The topological polar surface area (TPSA) is 133 Å². The highest BCUT2D eigenvalue weighted by Gasteiger charge is 2.58. The van der Waals surface area contributed by atoms with Gasteiger partial charge in [-0.2, -0.15) is 0 Å². The fraction of sp³-hybridized carbons (Fsp3) is 0.304. The van der Waals surface area contributed by atoms with Gasteiger partial charge in [0.15, 0.2) is 17.2 Å². The van der Waals surface area contributed by atoms with E-state index in [4.69, 9.17) is 27.9 Å². The molecule has 0 saturated carbocycles. The van der Waals surface area contributed by atoms with Gasteiger partial charge in [-0.05, 0) is 48.5 Å². The Hall–Kier alpha value is -2.82. The molecule has 2 saturated heterocycles. The molecule has 0 bridgehead atoms. The molecule has 0 aliphatic carbocycles. The maximum atomic E-state index is 13.4. The van der Waals surface area contributed by atoms with Crippen molar-refractivity contribution >= 4 is 46.7 Å². The first-order valence-electron chi connectivity index (χ1n) is 10.4. The summed E-state index contributed by atoms with van der Waals surface area (Å²) >= 11 is 11.7. The van der Waals surface area contributed by atoms with E-state index in [0.29, 0.717) is 10.0 Å². The van der Waals surface area contributed by atoms with Crippen LogP contribution in [0.4, 0.5) is 4.79 Å². The first kappa shape index (κ1) is 24.3. The normalized spacial score (nSPS) is 25.7. The molecule has 3 amide bonds. The number of halogens is 2. The molecule has 4 atom stereocenters. The maximum absolute atomic E-state index is 13.4. The van der Waals surface area contributed by atoms with Crippen molar-refractivity contribution in [2.75, 3.05) is 6.54 Å². The lowest BCUT2D eigenvalue weighted by atomic mass is 9.82. The van der Waals surface area contributed by atoms with Gasteiger partial charge in [-0.15, -0.1) is 0 Å². The summed E-state index contributed by atoms with van der Waals surface area (Å²) in [5.41, 5.74) is -2.20. The average molecular weight is 507 g/mol. The molecule has 0 aromatic heterocycles. The summed E-state index contributed by atoms with van der Waals surface area (Å²) in [6.07, 6.45) is -5.25. The van der Waals surface area contributed by atoms with Crippen LogP contribution in [-0.2, 0) is 9.53 Å². The van der Waals surface area contributed by atoms with Crippen molar-refractivity contribution in [3.8, 4) is 0 Å². The summed E-state index contributed by atoms with van der Waals surface area (Å²) in [6, 6.07) is 10.6. The summed E-state index contributed by atoms with van der Waals surface area (Å²) in [6.45, 7) is -0.0194. The van der Waals surface area contributed by atoms with E-state index in [1.54, 1.807) is 0 Å². The predicted octanol–water partition coefficient (Wildman–Crippen LogP) is 2.21. The van der Waals surface area contributed by atoms with E-state index in [-0.39, 0.29) is 24.1 Å². The highest BCUT2D eigenvalue weighted by atomic mass is 35.5. The minimum absolute atomic E-state index is 0.00785. The van der Waals surface area contributed by atoms with E-state index in [1.807, 2.05) is 0 Å². The van der Waals surface area contributed by atoms with Crippen LogP contribution in [0.2, 0.25) is 10.0 Å². The SMILES string of the molecule is O=C1CCN([C@H]2C[C@@](O)(C(=O)c3ccc(Cl)cc3)[C@@H](C(O)C(=O)c3ccc(Cl)cc3)O2)C(=O)N1. The number of carbonyl (C=O) groups is 4. The Labute approximate surface area is 204 Å². The third kappa shape index (κ3) is 4.57. The number of benzene rings is 2. The van der Waals surface area contributed by atoms with Crippen LogP contribution in [0.15, 0.2) is 48.5 Å². The minimum atomic E-state index is -2.36. The van der Waals surface area contributed by atoms with E-state index >= 15 is 0 Å². The van der Waals surface area contributed by atoms with Crippen LogP contribution in [0.5, 0.6) is 0 Å². The summed E-state index contributed by atoms with van der Waals surface area (Å²) in [5.74, 6) is -2.09. The highest BCUT2D eigenvalue weighted by Crippen LogP contribution is 2.38. The fourth-order valence-electron chi connectivity index (χ4n) is 4.08. The molecule has 2 aliphatic rings. The van der Waals surface area contributed by atoms with Crippen molar-refractivity contribution in [2.45, 2.75) is 36.9 Å². The van der Waals surface area contributed by atoms with Crippen LogP contribution in [0, 0.1) is 0 Å². The van der Waals surface area contributed by atoms with Crippen molar-refractivity contribution in [3.63, 3.8) is 0 Å². The number of ether oxygens (including phenoxy) is 1. The predicted molar refractivity (Wildman–Crippen MR) is 121 cm³/mol.